The number of amides is 2. The van der Waals surface area contributed by atoms with E-state index in [1.54, 1.807) is 37.4 Å². The van der Waals surface area contributed by atoms with E-state index in [0.29, 0.717) is 24.3 Å². The first-order valence-corrected chi connectivity index (χ1v) is 9.83. The van der Waals surface area contributed by atoms with Crippen molar-refractivity contribution in [2.75, 3.05) is 13.7 Å². The van der Waals surface area contributed by atoms with Crippen molar-refractivity contribution < 1.29 is 19.2 Å². The fraction of sp³-hybridized carbons (Fsp3) is 0.364. The van der Waals surface area contributed by atoms with Gasteiger partial charge in [0, 0.05) is 24.7 Å². The predicted molar refractivity (Wildman–Crippen MR) is 113 cm³/mol. The Labute approximate surface area is 176 Å². The van der Waals surface area contributed by atoms with Crippen LogP contribution in [0, 0.1) is 10.1 Å². The Kier molecular flexibility index (Phi) is 8.34. The molecular formula is C22H27N3O5. The summed E-state index contributed by atoms with van der Waals surface area (Å²) < 4.78 is 5.17. The molecule has 1 N–H and O–H groups in total. The van der Waals surface area contributed by atoms with Gasteiger partial charge in [-0.15, -0.1) is 0 Å². The number of ether oxygens (including phenoxy) is 1. The molecule has 0 saturated carbocycles. The molecule has 2 rings (SSSR count). The summed E-state index contributed by atoms with van der Waals surface area (Å²) in [7, 11) is 1.57. The van der Waals surface area contributed by atoms with Crippen LogP contribution in [0.2, 0.25) is 0 Å². The van der Waals surface area contributed by atoms with Crippen LogP contribution in [0.15, 0.2) is 48.5 Å². The molecule has 0 heterocycles. The van der Waals surface area contributed by atoms with Gasteiger partial charge >= 0.3 is 0 Å². The van der Waals surface area contributed by atoms with Crippen molar-refractivity contribution in [2.24, 2.45) is 0 Å². The average molecular weight is 413 g/mol. The van der Waals surface area contributed by atoms with E-state index in [9.17, 15) is 19.7 Å². The Morgan fingerprint density at radius 3 is 2.37 bits per heavy atom. The highest BCUT2D eigenvalue weighted by Gasteiger charge is 2.29. The topological polar surface area (TPSA) is 102 Å². The van der Waals surface area contributed by atoms with Crippen LogP contribution in [0.4, 0.5) is 5.69 Å². The van der Waals surface area contributed by atoms with Gasteiger partial charge in [-0.25, -0.2) is 0 Å². The predicted octanol–water partition coefficient (Wildman–Crippen LogP) is 3.09. The zero-order chi connectivity index (χ0) is 22.1. The van der Waals surface area contributed by atoms with Crippen molar-refractivity contribution in [2.45, 2.75) is 39.3 Å². The number of nitrogens with zero attached hydrogens (tertiary/aromatic N) is 2. The number of carbonyl (C=O) groups excluding carboxylic acids is 2. The van der Waals surface area contributed by atoms with Crippen molar-refractivity contribution in [3.8, 4) is 5.75 Å². The maximum absolute atomic E-state index is 13.2. The van der Waals surface area contributed by atoms with Crippen LogP contribution >= 0.6 is 0 Å². The maximum Gasteiger partial charge on any atom is 0.273 e. The minimum Gasteiger partial charge on any atom is -0.497 e. The second-order valence-electron chi connectivity index (χ2n) is 6.75. The van der Waals surface area contributed by atoms with Crippen LogP contribution in [0.3, 0.4) is 0 Å². The molecule has 0 aliphatic rings. The zero-order valence-corrected chi connectivity index (χ0v) is 17.5. The summed E-state index contributed by atoms with van der Waals surface area (Å²) in [6.07, 6.45) is 0.258. The van der Waals surface area contributed by atoms with E-state index in [1.807, 2.05) is 26.0 Å². The quantitative estimate of drug-likeness (QED) is 0.476. The zero-order valence-electron chi connectivity index (χ0n) is 17.5. The number of hydrogen-bond donors (Lipinski definition) is 1. The van der Waals surface area contributed by atoms with Crippen molar-refractivity contribution in [3.05, 3.63) is 69.8 Å². The lowest BCUT2D eigenvalue weighted by Gasteiger charge is -2.30. The van der Waals surface area contributed by atoms with Crippen molar-refractivity contribution in [1.29, 1.82) is 0 Å². The van der Waals surface area contributed by atoms with Gasteiger partial charge in [0.05, 0.1) is 18.5 Å². The molecule has 2 aromatic rings. The number of nitro groups is 1. The highest BCUT2D eigenvalue weighted by molar-refractivity contribution is 5.88. The van der Waals surface area contributed by atoms with Crippen molar-refractivity contribution >= 4 is 17.5 Å². The molecule has 2 amide bonds. The van der Waals surface area contributed by atoms with E-state index in [2.05, 4.69) is 5.32 Å². The third-order valence-corrected chi connectivity index (χ3v) is 4.78. The first-order valence-electron chi connectivity index (χ1n) is 9.83. The molecule has 2 aromatic carbocycles. The molecule has 160 valence electrons. The highest BCUT2D eigenvalue weighted by atomic mass is 16.6. The number of hydrogen-bond acceptors (Lipinski definition) is 5. The number of methoxy groups -OCH3 is 1. The van der Waals surface area contributed by atoms with E-state index in [-0.39, 0.29) is 30.5 Å². The summed E-state index contributed by atoms with van der Waals surface area (Å²) in [4.78, 5) is 38.1. The molecule has 0 spiro atoms. The molecule has 0 fully saturated rings. The lowest BCUT2D eigenvalue weighted by molar-refractivity contribution is -0.385. The molecule has 0 unspecified atom stereocenters. The lowest BCUT2D eigenvalue weighted by Crippen LogP contribution is -2.49. The van der Waals surface area contributed by atoms with Gasteiger partial charge in [-0.1, -0.05) is 37.3 Å². The average Bonchev–Trinajstić information content (AvgIpc) is 2.74. The molecule has 8 nitrogen and oxygen atoms in total. The second-order valence-corrected chi connectivity index (χ2v) is 6.75. The highest BCUT2D eigenvalue weighted by Crippen LogP contribution is 2.21. The maximum atomic E-state index is 13.2. The molecule has 1 atom stereocenters. The number of likely N-dealkylation sites (N-methyl/N-ethyl adjacent to an activating group) is 1. The van der Waals surface area contributed by atoms with Crippen LogP contribution < -0.4 is 10.1 Å². The van der Waals surface area contributed by atoms with Gasteiger partial charge in [-0.3, -0.25) is 19.7 Å². The first kappa shape index (κ1) is 22.9. The summed E-state index contributed by atoms with van der Waals surface area (Å²) in [6.45, 7) is 4.30. The van der Waals surface area contributed by atoms with Gasteiger partial charge in [0.1, 0.15) is 11.8 Å². The molecule has 0 aromatic heterocycles. The summed E-state index contributed by atoms with van der Waals surface area (Å²) >= 11 is 0. The molecule has 0 bridgehead atoms. The molecule has 0 radical (unpaired) electrons. The largest absolute Gasteiger partial charge is 0.497 e. The summed E-state index contributed by atoms with van der Waals surface area (Å²) in [5.41, 5.74) is 1.04. The minimum atomic E-state index is -0.678. The van der Waals surface area contributed by atoms with E-state index in [4.69, 9.17) is 4.74 Å². The number of carbonyl (C=O) groups is 2. The number of para-hydroxylation sites is 1. The van der Waals surface area contributed by atoms with E-state index in [0.717, 1.165) is 5.56 Å². The monoisotopic (exact) mass is 413 g/mol. The summed E-state index contributed by atoms with van der Waals surface area (Å²) in [6, 6.07) is 12.7. The number of rotatable bonds is 10. The van der Waals surface area contributed by atoms with Crippen LogP contribution in [-0.2, 0) is 22.6 Å². The molecule has 30 heavy (non-hydrogen) atoms. The number of nitro benzene ring substituents is 1. The summed E-state index contributed by atoms with van der Waals surface area (Å²) in [5, 5.41) is 14.1. The first-order chi connectivity index (χ1) is 14.4. The van der Waals surface area contributed by atoms with Crippen molar-refractivity contribution in [1.82, 2.24) is 10.2 Å². The SMILES string of the molecule is CCNC(=O)[C@H](CC)N(Cc1ccc(OC)cc1)C(=O)Cc1ccccc1[N+](=O)[O-]. The van der Waals surface area contributed by atoms with Crippen LogP contribution in [0.25, 0.3) is 0 Å². The smallest absolute Gasteiger partial charge is 0.273 e. The van der Waals surface area contributed by atoms with Crippen LogP contribution in [0.5, 0.6) is 5.75 Å². The number of nitrogens with one attached hydrogen (secondary N) is 1. The number of benzene rings is 2. The molecule has 8 heteroatoms. The second kappa shape index (κ2) is 10.9. The van der Waals surface area contributed by atoms with E-state index >= 15 is 0 Å². The van der Waals surface area contributed by atoms with Gasteiger partial charge in [0.25, 0.3) is 5.69 Å². The van der Waals surface area contributed by atoms with Crippen LogP contribution in [-0.4, -0.2) is 41.3 Å². The fourth-order valence-electron chi connectivity index (χ4n) is 3.24. The van der Waals surface area contributed by atoms with Gasteiger partial charge in [-0.05, 0) is 31.0 Å². The molecule has 0 saturated heterocycles. The van der Waals surface area contributed by atoms with Crippen LogP contribution in [0.1, 0.15) is 31.4 Å². The van der Waals surface area contributed by atoms with E-state index in [1.165, 1.54) is 11.0 Å². The van der Waals surface area contributed by atoms with E-state index < -0.39 is 11.0 Å². The molecule has 0 aliphatic carbocycles. The molecule has 0 aliphatic heterocycles. The van der Waals surface area contributed by atoms with Gasteiger partial charge in [-0.2, -0.15) is 0 Å². The standard InChI is InChI=1S/C22H27N3O5/c1-4-19(22(27)23-5-2)24(15-16-10-12-18(30-3)13-11-16)21(26)14-17-8-6-7-9-20(17)25(28)29/h6-13,19H,4-5,14-15H2,1-3H3,(H,23,27)/t19-/m0/s1. The Bertz CT molecular complexity index is 883. The van der Waals surface area contributed by atoms with Gasteiger partial charge in [0.15, 0.2) is 0 Å². The fourth-order valence-corrected chi connectivity index (χ4v) is 3.24. The van der Waals surface area contributed by atoms with Gasteiger partial charge in [0.2, 0.25) is 11.8 Å². The molecular weight excluding hydrogens is 386 g/mol. The summed E-state index contributed by atoms with van der Waals surface area (Å²) in [5.74, 6) is 0.0925. The third kappa shape index (κ3) is 5.79. The van der Waals surface area contributed by atoms with Gasteiger partial charge < -0.3 is 15.0 Å². The van der Waals surface area contributed by atoms with Crippen molar-refractivity contribution in [3.63, 3.8) is 0 Å². The third-order valence-electron chi connectivity index (χ3n) is 4.78. The normalized spacial score (nSPS) is 11.4. The Hall–Kier alpha value is -3.42. The Balaban J connectivity index is 2.34. The Morgan fingerprint density at radius 1 is 1.13 bits per heavy atom. The minimum absolute atomic E-state index is 0.110. The Morgan fingerprint density at radius 2 is 1.80 bits per heavy atom. The lowest BCUT2D eigenvalue weighted by atomic mass is 10.1.